The van der Waals surface area contributed by atoms with E-state index in [4.69, 9.17) is 10.8 Å². The lowest BCUT2D eigenvalue weighted by Gasteiger charge is -2.18. The number of nitrogens with zero attached hydrogens (tertiary/aromatic N) is 1. The smallest absolute Gasteiger partial charge is 0.326 e. The fraction of sp³-hybridized carbons (Fsp3) is 0.467. The van der Waals surface area contributed by atoms with Crippen LogP contribution in [0.2, 0.25) is 0 Å². The molecule has 0 radical (unpaired) electrons. The minimum atomic E-state index is -1.44. The summed E-state index contributed by atoms with van der Waals surface area (Å²) in [5, 5.41) is 24.6. The summed E-state index contributed by atoms with van der Waals surface area (Å²) in [7, 11) is 0. The maximum absolute atomic E-state index is 12.1. The molecule has 1 aromatic rings. The van der Waals surface area contributed by atoms with Gasteiger partial charge in [0.05, 0.1) is 25.3 Å². The highest BCUT2D eigenvalue weighted by Crippen LogP contribution is 1.99. The highest BCUT2D eigenvalue weighted by atomic mass is 16.4. The molecule has 1 rings (SSSR count). The van der Waals surface area contributed by atoms with Crippen molar-refractivity contribution in [1.29, 1.82) is 0 Å². The summed E-state index contributed by atoms with van der Waals surface area (Å²) in [4.78, 5) is 64.2. The Morgan fingerprint density at radius 1 is 1.14 bits per heavy atom. The van der Waals surface area contributed by atoms with Crippen molar-refractivity contribution in [3.8, 4) is 0 Å². The number of nitrogens with one attached hydrogen (secondary N) is 4. The van der Waals surface area contributed by atoms with Crippen molar-refractivity contribution in [2.24, 2.45) is 5.73 Å². The predicted octanol–water partition coefficient (Wildman–Crippen LogP) is -3.06. The van der Waals surface area contributed by atoms with Crippen LogP contribution in [0, 0.1) is 0 Å². The average molecular weight is 398 g/mol. The molecule has 0 saturated heterocycles. The first-order valence-electron chi connectivity index (χ1n) is 8.15. The number of nitrogens with two attached hydrogens (primary N) is 1. The zero-order valence-corrected chi connectivity index (χ0v) is 15.0. The number of carboxylic acid groups (broad SMARTS) is 2. The van der Waals surface area contributed by atoms with E-state index in [-0.39, 0.29) is 6.42 Å². The molecule has 0 aliphatic heterocycles. The summed E-state index contributed by atoms with van der Waals surface area (Å²) in [5.74, 6) is -5.11. The van der Waals surface area contributed by atoms with Crippen LogP contribution in [0.4, 0.5) is 0 Å². The number of rotatable bonds is 11. The quantitative estimate of drug-likeness (QED) is 0.201. The Morgan fingerprint density at radius 2 is 1.82 bits per heavy atom. The normalized spacial score (nSPS) is 13.6. The number of amides is 3. The van der Waals surface area contributed by atoms with E-state index in [9.17, 15) is 29.1 Å². The van der Waals surface area contributed by atoms with Gasteiger partial charge in [-0.15, -0.1) is 0 Å². The minimum absolute atomic E-state index is 0.0545. The molecule has 0 aliphatic carbocycles. The van der Waals surface area contributed by atoms with Crippen molar-refractivity contribution in [1.82, 2.24) is 25.9 Å². The summed E-state index contributed by atoms with van der Waals surface area (Å²) >= 11 is 0. The molecule has 1 aromatic heterocycles. The summed E-state index contributed by atoms with van der Waals surface area (Å²) < 4.78 is 0. The molecule has 0 spiro atoms. The van der Waals surface area contributed by atoms with Crippen molar-refractivity contribution in [2.75, 3.05) is 6.54 Å². The van der Waals surface area contributed by atoms with Crippen molar-refractivity contribution in [3.63, 3.8) is 0 Å². The molecule has 0 saturated carbocycles. The third kappa shape index (κ3) is 7.82. The fourth-order valence-electron chi connectivity index (χ4n) is 2.04. The fourth-order valence-corrected chi connectivity index (χ4v) is 2.04. The summed E-state index contributed by atoms with van der Waals surface area (Å²) in [6.07, 6.45) is 1.99. The molecule has 0 fully saturated rings. The Morgan fingerprint density at radius 3 is 2.32 bits per heavy atom. The van der Waals surface area contributed by atoms with Gasteiger partial charge in [0, 0.05) is 18.3 Å². The van der Waals surface area contributed by atoms with Gasteiger partial charge in [-0.25, -0.2) is 9.78 Å². The summed E-state index contributed by atoms with van der Waals surface area (Å²) in [5.41, 5.74) is 5.84. The lowest BCUT2D eigenvalue weighted by atomic mass is 10.1. The number of carboxylic acids is 2. The van der Waals surface area contributed by atoms with E-state index >= 15 is 0 Å². The Balaban J connectivity index is 2.61. The highest BCUT2D eigenvalue weighted by Gasteiger charge is 2.26. The van der Waals surface area contributed by atoms with Crippen LogP contribution in [0.25, 0.3) is 0 Å². The number of aliphatic carboxylic acids is 2. The Bertz CT molecular complexity index is 718. The maximum Gasteiger partial charge on any atom is 0.326 e. The van der Waals surface area contributed by atoms with Gasteiger partial charge in [-0.1, -0.05) is 0 Å². The number of imidazole rings is 1. The molecule has 1 heterocycles. The molecule has 8 N–H and O–H groups in total. The van der Waals surface area contributed by atoms with Gasteiger partial charge in [0.2, 0.25) is 17.7 Å². The van der Waals surface area contributed by atoms with Crippen LogP contribution >= 0.6 is 0 Å². The third-order valence-electron chi connectivity index (χ3n) is 3.46. The summed E-state index contributed by atoms with van der Waals surface area (Å²) in [6, 6.07) is -3.67. The standard InChI is InChI=1S/C15H22N6O7/c1-7(16)13(25)21-9(3-12(23)24)14(26)18-5-11(22)20-10(15(27)28)2-8-4-17-6-19-8/h4,6-7,9-10H,2-3,5,16H2,1H3,(H,17,19)(H,18,26)(H,20,22)(H,21,25)(H,23,24)(H,27,28). The van der Waals surface area contributed by atoms with Gasteiger partial charge in [-0.3, -0.25) is 19.2 Å². The second-order valence-electron chi connectivity index (χ2n) is 5.90. The largest absolute Gasteiger partial charge is 0.481 e. The maximum atomic E-state index is 12.1. The lowest BCUT2D eigenvalue weighted by molar-refractivity contribution is -0.142. The van der Waals surface area contributed by atoms with E-state index in [1.807, 2.05) is 0 Å². The zero-order chi connectivity index (χ0) is 21.3. The van der Waals surface area contributed by atoms with Gasteiger partial charge in [0.15, 0.2) is 0 Å². The van der Waals surface area contributed by atoms with Crippen LogP contribution in [0.1, 0.15) is 19.0 Å². The second kappa shape index (κ2) is 10.6. The molecule has 154 valence electrons. The Hall–Kier alpha value is -3.48. The van der Waals surface area contributed by atoms with Gasteiger partial charge in [-0.2, -0.15) is 0 Å². The molecule has 0 bridgehead atoms. The van der Waals surface area contributed by atoms with Gasteiger partial charge in [0.1, 0.15) is 12.1 Å². The molecular formula is C15H22N6O7. The van der Waals surface area contributed by atoms with E-state index in [2.05, 4.69) is 25.9 Å². The molecule has 3 amide bonds. The molecular weight excluding hydrogens is 376 g/mol. The number of hydrogen-bond donors (Lipinski definition) is 7. The van der Waals surface area contributed by atoms with Crippen molar-refractivity contribution < 1.29 is 34.2 Å². The number of carbonyl (C=O) groups excluding carboxylic acids is 3. The van der Waals surface area contributed by atoms with Gasteiger partial charge >= 0.3 is 11.9 Å². The van der Waals surface area contributed by atoms with Crippen LogP contribution in [0.5, 0.6) is 0 Å². The SMILES string of the molecule is CC(N)C(=O)NC(CC(=O)O)C(=O)NCC(=O)NC(Cc1cnc[nH]1)C(=O)O. The number of aromatic amines is 1. The van der Waals surface area contributed by atoms with Gasteiger partial charge in [0.25, 0.3) is 0 Å². The number of aromatic nitrogens is 2. The number of carbonyl (C=O) groups is 5. The van der Waals surface area contributed by atoms with Crippen LogP contribution in [-0.2, 0) is 30.4 Å². The van der Waals surface area contributed by atoms with Crippen LogP contribution < -0.4 is 21.7 Å². The molecule has 3 unspecified atom stereocenters. The highest BCUT2D eigenvalue weighted by molar-refractivity contribution is 5.94. The minimum Gasteiger partial charge on any atom is -0.481 e. The first-order valence-corrected chi connectivity index (χ1v) is 8.15. The first kappa shape index (κ1) is 22.6. The second-order valence-corrected chi connectivity index (χ2v) is 5.90. The molecule has 3 atom stereocenters. The predicted molar refractivity (Wildman–Crippen MR) is 92.7 cm³/mol. The van der Waals surface area contributed by atoms with Gasteiger partial charge in [-0.05, 0) is 6.92 Å². The average Bonchev–Trinajstić information content (AvgIpc) is 3.10. The van der Waals surface area contributed by atoms with E-state index in [1.54, 1.807) is 0 Å². The van der Waals surface area contributed by atoms with E-state index in [0.29, 0.717) is 5.69 Å². The Kier molecular flexibility index (Phi) is 8.55. The molecule has 28 heavy (non-hydrogen) atoms. The number of H-pyrrole nitrogens is 1. The molecule has 0 aliphatic rings. The molecule has 13 nitrogen and oxygen atoms in total. The lowest BCUT2D eigenvalue weighted by Crippen LogP contribution is -2.53. The van der Waals surface area contributed by atoms with E-state index in [0.717, 1.165) is 0 Å². The van der Waals surface area contributed by atoms with Crippen LogP contribution in [-0.4, -0.2) is 74.5 Å². The van der Waals surface area contributed by atoms with Crippen molar-refractivity contribution in [2.45, 2.75) is 37.9 Å². The molecule has 13 heteroatoms. The monoisotopic (exact) mass is 398 g/mol. The number of hydrogen-bond acceptors (Lipinski definition) is 7. The van der Waals surface area contributed by atoms with Crippen molar-refractivity contribution in [3.05, 3.63) is 18.2 Å². The summed E-state index contributed by atoms with van der Waals surface area (Å²) in [6.45, 7) is 0.736. The van der Waals surface area contributed by atoms with Crippen LogP contribution in [0.3, 0.4) is 0 Å². The van der Waals surface area contributed by atoms with Gasteiger partial charge < -0.3 is 36.9 Å². The van der Waals surface area contributed by atoms with Crippen LogP contribution in [0.15, 0.2) is 12.5 Å². The van der Waals surface area contributed by atoms with E-state index in [1.165, 1.54) is 19.4 Å². The third-order valence-corrected chi connectivity index (χ3v) is 3.46. The topological polar surface area (TPSA) is 217 Å². The molecule has 0 aromatic carbocycles. The Labute approximate surface area is 159 Å². The van der Waals surface area contributed by atoms with Crippen molar-refractivity contribution >= 4 is 29.7 Å². The van der Waals surface area contributed by atoms with E-state index < -0.39 is 60.8 Å². The first-order chi connectivity index (χ1) is 13.1. The zero-order valence-electron chi connectivity index (χ0n) is 15.0.